The summed E-state index contributed by atoms with van der Waals surface area (Å²) in [6.07, 6.45) is -8.38. The lowest BCUT2D eigenvalue weighted by molar-refractivity contribution is -0.141. The van der Waals surface area contributed by atoms with E-state index in [1.165, 1.54) is 0 Å². The fourth-order valence-electron chi connectivity index (χ4n) is 3.60. The Morgan fingerprint density at radius 1 is 0.892 bits per heavy atom. The predicted molar refractivity (Wildman–Crippen MR) is 119 cm³/mol. The number of amides is 2. The van der Waals surface area contributed by atoms with Crippen molar-refractivity contribution >= 4 is 21.8 Å². The van der Waals surface area contributed by atoms with Crippen LogP contribution in [0.1, 0.15) is 28.3 Å². The summed E-state index contributed by atoms with van der Waals surface area (Å²) >= 11 is 0. The topological polar surface area (TPSA) is 91.7 Å². The number of nitrogens with zero attached hydrogens (tertiary/aromatic N) is 3. The molecule has 4 rings (SSSR count). The molecule has 0 radical (unpaired) electrons. The summed E-state index contributed by atoms with van der Waals surface area (Å²) in [4.78, 5) is 15.6. The van der Waals surface area contributed by atoms with Gasteiger partial charge in [0.2, 0.25) is 0 Å². The maximum absolute atomic E-state index is 12.9. The van der Waals surface area contributed by atoms with E-state index < -0.39 is 50.5 Å². The molecule has 0 fully saturated rings. The minimum atomic E-state index is -4.67. The number of carbonyl (C=O) groups excluding carboxylic acids is 1. The Labute approximate surface area is 206 Å². The van der Waals surface area contributed by atoms with E-state index in [9.17, 15) is 39.6 Å². The van der Waals surface area contributed by atoms with Gasteiger partial charge in [-0.2, -0.15) is 31.4 Å². The molecule has 194 valence electrons. The number of hydrogen-bond donors (Lipinski definition) is 1. The number of carbonyl (C=O) groups is 1. The van der Waals surface area contributed by atoms with Crippen LogP contribution in [-0.4, -0.2) is 36.7 Å². The molecule has 7 nitrogen and oxygen atoms in total. The predicted octanol–water partition coefficient (Wildman–Crippen LogP) is 5.02. The van der Waals surface area contributed by atoms with Crippen molar-refractivity contribution in [2.24, 2.45) is 5.10 Å². The van der Waals surface area contributed by atoms with E-state index in [0.717, 1.165) is 23.3 Å². The molecule has 0 saturated heterocycles. The Bertz CT molecular complexity index is 1420. The third-order valence-corrected chi connectivity index (χ3v) is 6.75. The molecule has 2 amide bonds. The highest BCUT2D eigenvalue weighted by molar-refractivity contribution is 7.90. The molecule has 37 heavy (non-hydrogen) atoms. The summed E-state index contributed by atoms with van der Waals surface area (Å²) in [5, 5.41) is 4.92. The molecule has 0 aliphatic carbocycles. The Morgan fingerprint density at radius 3 is 2.08 bits per heavy atom. The van der Waals surface area contributed by atoms with Gasteiger partial charge < -0.3 is 0 Å². The number of rotatable bonds is 4. The third-order valence-electron chi connectivity index (χ3n) is 5.41. The van der Waals surface area contributed by atoms with Crippen LogP contribution >= 0.6 is 0 Å². The molecular weight excluding hydrogens is 526 g/mol. The van der Waals surface area contributed by atoms with Gasteiger partial charge in [0.05, 0.1) is 22.7 Å². The molecule has 1 N–H and O–H groups in total. The van der Waals surface area contributed by atoms with Gasteiger partial charge in [0.25, 0.3) is 10.0 Å². The van der Waals surface area contributed by atoms with E-state index in [0.29, 0.717) is 29.8 Å². The lowest BCUT2D eigenvalue weighted by atomic mass is 9.91. The molecule has 0 bridgehead atoms. The highest BCUT2D eigenvalue weighted by atomic mass is 32.2. The zero-order chi connectivity index (χ0) is 27.0. The number of hydrazone groups is 1. The number of sulfonamides is 1. The first-order valence-electron chi connectivity index (χ1n) is 10.4. The van der Waals surface area contributed by atoms with Crippen LogP contribution < -0.4 is 4.72 Å². The molecule has 1 unspecified atom stereocenters. The SMILES string of the molecule is O=C(NS(=O)(=O)c1ccc(C(F)(F)F)cc1)N1CC(c2ccccc2)C(c2ccc(C(F)(F)F)nc2)=N1. The fraction of sp³-hybridized carbons (Fsp3) is 0.174. The second kappa shape index (κ2) is 9.50. The largest absolute Gasteiger partial charge is 0.433 e. The van der Waals surface area contributed by atoms with Crippen LogP contribution in [0.5, 0.6) is 0 Å². The summed E-state index contributed by atoms with van der Waals surface area (Å²) in [5.41, 5.74) is -1.18. The van der Waals surface area contributed by atoms with Gasteiger partial charge in [0, 0.05) is 17.7 Å². The minimum Gasteiger partial charge on any atom is -0.251 e. The zero-order valence-electron chi connectivity index (χ0n) is 18.5. The molecular formula is C23H16F6N4O3S. The average molecular weight is 542 g/mol. The van der Waals surface area contributed by atoms with Gasteiger partial charge in [-0.3, -0.25) is 4.98 Å². The van der Waals surface area contributed by atoms with Gasteiger partial charge in [0.1, 0.15) is 5.69 Å². The van der Waals surface area contributed by atoms with Crippen molar-refractivity contribution in [3.8, 4) is 0 Å². The van der Waals surface area contributed by atoms with Crippen molar-refractivity contribution in [1.29, 1.82) is 0 Å². The summed E-state index contributed by atoms with van der Waals surface area (Å²) < 4.78 is 104. The summed E-state index contributed by atoms with van der Waals surface area (Å²) in [5.74, 6) is -0.626. The van der Waals surface area contributed by atoms with Gasteiger partial charge in [-0.25, -0.2) is 22.9 Å². The van der Waals surface area contributed by atoms with Gasteiger partial charge in [-0.1, -0.05) is 30.3 Å². The summed E-state index contributed by atoms with van der Waals surface area (Å²) in [6.45, 7) is -0.158. The van der Waals surface area contributed by atoms with Crippen molar-refractivity contribution in [2.75, 3.05) is 6.54 Å². The second-order valence-corrected chi connectivity index (χ2v) is 9.58. The van der Waals surface area contributed by atoms with Crippen molar-refractivity contribution < 1.29 is 39.6 Å². The highest BCUT2D eigenvalue weighted by Crippen LogP contribution is 2.32. The van der Waals surface area contributed by atoms with Crippen LogP contribution in [-0.2, 0) is 22.4 Å². The Hall–Kier alpha value is -3.94. The molecule has 1 aliphatic rings. The Morgan fingerprint density at radius 2 is 1.54 bits per heavy atom. The quantitative estimate of drug-likeness (QED) is 0.469. The number of alkyl halides is 6. The smallest absolute Gasteiger partial charge is 0.251 e. The first-order chi connectivity index (χ1) is 17.3. The summed E-state index contributed by atoms with van der Waals surface area (Å²) in [7, 11) is -4.56. The van der Waals surface area contributed by atoms with Crippen molar-refractivity contribution in [1.82, 2.24) is 14.7 Å². The first-order valence-corrected chi connectivity index (χ1v) is 11.9. The monoisotopic (exact) mass is 542 g/mol. The van der Waals surface area contributed by atoms with Crippen molar-refractivity contribution in [3.05, 3.63) is 95.3 Å². The van der Waals surface area contributed by atoms with Crippen LogP contribution in [0.4, 0.5) is 31.1 Å². The fourth-order valence-corrected chi connectivity index (χ4v) is 4.55. The molecule has 2 aromatic carbocycles. The van der Waals surface area contributed by atoms with E-state index in [1.54, 1.807) is 35.1 Å². The zero-order valence-corrected chi connectivity index (χ0v) is 19.3. The molecule has 1 aromatic heterocycles. The minimum absolute atomic E-state index is 0.158. The number of hydrogen-bond acceptors (Lipinski definition) is 5. The van der Waals surface area contributed by atoms with Crippen LogP contribution in [0.15, 0.2) is 82.9 Å². The maximum atomic E-state index is 12.9. The molecule has 3 aromatic rings. The van der Waals surface area contributed by atoms with E-state index in [1.807, 2.05) is 0 Å². The van der Waals surface area contributed by atoms with Crippen molar-refractivity contribution in [3.63, 3.8) is 0 Å². The van der Waals surface area contributed by atoms with Gasteiger partial charge in [0.15, 0.2) is 0 Å². The van der Waals surface area contributed by atoms with Gasteiger partial charge in [-0.15, -0.1) is 0 Å². The highest BCUT2D eigenvalue weighted by Gasteiger charge is 2.36. The van der Waals surface area contributed by atoms with E-state index >= 15 is 0 Å². The molecule has 1 aliphatic heterocycles. The van der Waals surface area contributed by atoms with E-state index in [-0.39, 0.29) is 17.8 Å². The van der Waals surface area contributed by atoms with Crippen LogP contribution in [0.2, 0.25) is 0 Å². The number of halogens is 6. The van der Waals surface area contributed by atoms with Crippen LogP contribution in [0.25, 0.3) is 0 Å². The molecule has 0 spiro atoms. The standard InChI is InChI=1S/C23H16F6N4O3S/c24-22(25,26)16-7-9-17(10-8-16)37(35,36)32-21(34)33-13-18(14-4-2-1-3-5-14)20(31-33)15-6-11-19(30-12-15)23(27,28)29/h1-12,18H,13H2,(H,32,34). The average Bonchev–Trinajstić information content (AvgIpc) is 3.29. The lowest BCUT2D eigenvalue weighted by Crippen LogP contribution is -2.39. The summed E-state index contributed by atoms with van der Waals surface area (Å²) in [6, 6.07) is 11.8. The Balaban J connectivity index is 1.61. The number of urea groups is 1. The normalized spacial score (nSPS) is 16.4. The maximum Gasteiger partial charge on any atom is 0.433 e. The van der Waals surface area contributed by atoms with Crippen LogP contribution in [0, 0.1) is 0 Å². The molecule has 2 heterocycles. The van der Waals surface area contributed by atoms with Gasteiger partial charge >= 0.3 is 18.4 Å². The third kappa shape index (κ3) is 5.74. The second-order valence-electron chi connectivity index (χ2n) is 7.89. The molecule has 1 atom stereocenters. The number of benzene rings is 2. The first kappa shape index (κ1) is 26.1. The number of pyridine rings is 1. The lowest BCUT2D eigenvalue weighted by Gasteiger charge is -2.16. The van der Waals surface area contributed by atoms with E-state index in [2.05, 4.69) is 10.1 Å². The van der Waals surface area contributed by atoms with E-state index in [4.69, 9.17) is 0 Å². The molecule has 14 heteroatoms. The van der Waals surface area contributed by atoms with Crippen molar-refractivity contribution in [2.45, 2.75) is 23.2 Å². The van der Waals surface area contributed by atoms with Crippen LogP contribution in [0.3, 0.4) is 0 Å². The van der Waals surface area contributed by atoms with Gasteiger partial charge in [-0.05, 0) is 42.0 Å². The Kier molecular flexibility index (Phi) is 6.71. The number of aromatic nitrogens is 1. The molecule has 0 saturated carbocycles. The number of nitrogens with one attached hydrogen (secondary N) is 1.